The number of nitrogens with zero attached hydrogens (tertiary/aromatic N) is 1. The number of H-pyrrole nitrogens is 1. The fourth-order valence-corrected chi connectivity index (χ4v) is 2.04. The smallest absolute Gasteiger partial charge is 0.273 e. The van der Waals surface area contributed by atoms with Gasteiger partial charge in [0.1, 0.15) is 11.5 Å². The first kappa shape index (κ1) is 14.0. The van der Waals surface area contributed by atoms with Gasteiger partial charge >= 0.3 is 0 Å². The molecule has 2 aromatic carbocycles. The molecule has 110 valence electrons. The van der Waals surface area contributed by atoms with Gasteiger partial charge in [-0.15, -0.1) is 0 Å². The highest BCUT2D eigenvalue weighted by atomic mass is 19.1. The van der Waals surface area contributed by atoms with E-state index in [1.165, 1.54) is 12.1 Å². The number of hydrogen-bond acceptors (Lipinski definition) is 2. The number of aryl methyl sites for hydroxylation is 1. The van der Waals surface area contributed by atoms with Crippen molar-refractivity contribution >= 4 is 11.6 Å². The molecule has 0 aliphatic heterocycles. The third-order valence-electron chi connectivity index (χ3n) is 3.27. The topological polar surface area (TPSA) is 57.8 Å². The minimum atomic E-state index is -0.309. The van der Waals surface area contributed by atoms with Crippen LogP contribution in [0.4, 0.5) is 10.1 Å². The van der Waals surface area contributed by atoms with Crippen LogP contribution in [0.3, 0.4) is 0 Å². The molecule has 0 bridgehead atoms. The van der Waals surface area contributed by atoms with Crippen molar-refractivity contribution in [2.24, 2.45) is 0 Å². The van der Waals surface area contributed by atoms with Crippen LogP contribution in [0, 0.1) is 12.7 Å². The molecule has 4 nitrogen and oxygen atoms in total. The Morgan fingerprint density at radius 1 is 1.09 bits per heavy atom. The predicted molar refractivity (Wildman–Crippen MR) is 83.1 cm³/mol. The van der Waals surface area contributed by atoms with Gasteiger partial charge in [0.15, 0.2) is 0 Å². The lowest BCUT2D eigenvalue weighted by Gasteiger charge is -2.03. The second-order valence-corrected chi connectivity index (χ2v) is 4.99. The number of aromatic amines is 1. The summed E-state index contributed by atoms with van der Waals surface area (Å²) in [6.45, 7) is 1.98. The SMILES string of the molecule is Cc1ccc(NC(=O)c2cc(-c3ccc(F)cc3)n[nH]2)cc1. The van der Waals surface area contributed by atoms with Gasteiger partial charge < -0.3 is 5.32 Å². The lowest BCUT2D eigenvalue weighted by atomic mass is 10.1. The number of benzene rings is 2. The second kappa shape index (κ2) is 5.81. The maximum Gasteiger partial charge on any atom is 0.273 e. The van der Waals surface area contributed by atoms with Crippen molar-refractivity contribution in [3.05, 3.63) is 71.7 Å². The predicted octanol–water partition coefficient (Wildman–Crippen LogP) is 3.78. The Labute approximate surface area is 127 Å². The molecule has 1 aromatic heterocycles. The summed E-state index contributed by atoms with van der Waals surface area (Å²) in [6.07, 6.45) is 0. The van der Waals surface area contributed by atoms with Crippen LogP contribution in [0.5, 0.6) is 0 Å². The normalized spacial score (nSPS) is 10.5. The molecule has 22 heavy (non-hydrogen) atoms. The third kappa shape index (κ3) is 3.03. The molecule has 0 radical (unpaired) electrons. The van der Waals surface area contributed by atoms with Crippen LogP contribution >= 0.6 is 0 Å². The van der Waals surface area contributed by atoms with E-state index in [-0.39, 0.29) is 11.7 Å². The Hall–Kier alpha value is -2.95. The summed E-state index contributed by atoms with van der Waals surface area (Å²) in [5.74, 6) is -0.582. The van der Waals surface area contributed by atoms with E-state index in [1.54, 1.807) is 18.2 Å². The maximum absolute atomic E-state index is 12.9. The quantitative estimate of drug-likeness (QED) is 0.772. The van der Waals surface area contributed by atoms with Crippen molar-refractivity contribution in [3.8, 4) is 11.3 Å². The Kier molecular flexibility index (Phi) is 3.70. The molecule has 0 unspecified atom stereocenters. The summed E-state index contributed by atoms with van der Waals surface area (Å²) in [4.78, 5) is 12.2. The molecule has 3 aromatic rings. The highest BCUT2D eigenvalue weighted by Crippen LogP contribution is 2.18. The number of amides is 1. The zero-order valence-electron chi connectivity index (χ0n) is 11.9. The number of nitrogens with one attached hydrogen (secondary N) is 2. The molecule has 0 fully saturated rings. The Bertz CT molecular complexity index is 792. The molecule has 0 saturated heterocycles. The van der Waals surface area contributed by atoms with Crippen LogP contribution in [-0.4, -0.2) is 16.1 Å². The molecule has 3 rings (SSSR count). The standard InChI is InChI=1S/C17H14FN3O/c1-11-2-8-14(9-3-11)19-17(22)16-10-15(20-21-16)12-4-6-13(18)7-5-12/h2-10H,1H3,(H,19,22)(H,20,21). The van der Waals surface area contributed by atoms with Crippen LogP contribution in [-0.2, 0) is 0 Å². The molecule has 1 heterocycles. The summed E-state index contributed by atoms with van der Waals surface area (Å²) in [5, 5.41) is 9.57. The third-order valence-corrected chi connectivity index (χ3v) is 3.27. The average Bonchev–Trinajstić information content (AvgIpc) is 3.00. The highest BCUT2D eigenvalue weighted by molar-refractivity contribution is 6.03. The summed E-state index contributed by atoms with van der Waals surface area (Å²) >= 11 is 0. The van der Waals surface area contributed by atoms with E-state index in [2.05, 4.69) is 15.5 Å². The largest absolute Gasteiger partial charge is 0.321 e. The number of halogens is 1. The molecule has 0 atom stereocenters. The molecule has 1 amide bonds. The second-order valence-electron chi connectivity index (χ2n) is 4.99. The summed E-state index contributed by atoms with van der Waals surface area (Å²) in [7, 11) is 0. The molecule has 0 saturated carbocycles. The molecular weight excluding hydrogens is 281 g/mol. The Morgan fingerprint density at radius 2 is 1.77 bits per heavy atom. The average molecular weight is 295 g/mol. The van der Waals surface area contributed by atoms with Gasteiger partial charge in [0.25, 0.3) is 5.91 Å². The first-order chi connectivity index (χ1) is 10.6. The van der Waals surface area contributed by atoms with Crippen LogP contribution in [0.15, 0.2) is 54.6 Å². The van der Waals surface area contributed by atoms with Gasteiger partial charge in [0.05, 0.1) is 5.69 Å². The monoisotopic (exact) mass is 295 g/mol. The fourth-order valence-electron chi connectivity index (χ4n) is 2.04. The van der Waals surface area contributed by atoms with Crippen molar-refractivity contribution in [1.82, 2.24) is 10.2 Å². The number of rotatable bonds is 3. The molecule has 2 N–H and O–H groups in total. The Balaban J connectivity index is 1.76. The fraction of sp³-hybridized carbons (Fsp3) is 0.0588. The van der Waals surface area contributed by atoms with Crippen molar-refractivity contribution < 1.29 is 9.18 Å². The zero-order chi connectivity index (χ0) is 15.5. The van der Waals surface area contributed by atoms with Crippen molar-refractivity contribution in [3.63, 3.8) is 0 Å². The number of hydrogen-bond donors (Lipinski definition) is 2. The van der Waals surface area contributed by atoms with Crippen molar-refractivity contribution in [1.29, 1.82) is 0 Å². The number of carbonyl (C=O) groups is 1. The van der Waals surface area contributed by atoms with Crippen LogP contribution in [0.2, 0.25) is 0 Å². The molecule has 0 aliphatic rings. The lowest BCUT2D eigenvalue weighted by molar-refractivity contribution is 0.102. The maximum atomic E-state index is 12.9. The highest BCUT2D eigenvalue weighted by Gasteiger charge is 2.11. The summed E-state index contributed by atoms with van der Waals surface area (Å²) in [5.41, 5.74) is 3.52. The number of carbonyl (C=O) groups excluding carboxylic acids is 1. The van der Waals surface area contributed by atoms with E-state index in [1.807, 2.05) is 31.2 Å². The summed E-state index contributed by atoms with van der Waals surface area (Å²) < 4.78 is 12.9. The summed E-state index contributed by atoms with van der Waals surface area (Å²) in [6, 6.07) is 15.1. The van der Waals surface area contributed by atoms with Crippen LogP contribution in [0.25, 0.3) is 11.3 Å². The van der Waals surface area contributed by atoms with Crippen molar-refractivity contribution in [2.45, 2.75) is 6.92 Å². The first-order valence-electron chi connectivity index (χ1n) is 6.81. The molecule has 5 heteroatoms. The molecular formula is C17H14FN3O. The van der Waals surface area contributed by atoms with E-state index >= 15 is 0 Å². The minimum absolute atomic E-state index is 0.273. The number of anilines is 1. The number of aromatic nitrogens is 2. The minimum Gasteiger partial charge on any atom is -0.321 e. The lowest BCUT2D eigenvalue weighted by Crippen LogP contribution is -2.12. The van der Waals surface area contributed by atoms with E-state index < -0.39 is 0 Å². The van der Waals surface area contributed by atoms with Crippen LogP contribution in [0.1, 0.15) is 16.1 Å². The molecule has 0 spiro atoms. The van der Waals surface area contributed by atoms with Gasteiger partial charge in [-0.05, 0) is 49.4 Å². The molecule has 0 aliphatic carbocycles. The zero-order valence-corrected chi connectivity index (χ0v) is 11.9. The van der Waals surface area contributed by atoms with Gasteiger partial charge in [-0.25, -0.2) is 4.39 Å². The van der Waals surface area contributed by atoms with Gasteiger partial charge in [-0.2, -0.15) is 5.10 Å². The van der Waals surface area contributed by atoms with Gasteiger partial charge in [-0.3, -0.25) is 9.89 Å². The van der Waals surface area contributed by atoms with E-state index in [0.717, 1.165) is 11.1 Å². The van der Waals surface area contributed by atoms with E-state index in [0.29, 0.717) is 17.1 Å². The Morgan fingerprint density at radius 3 is 2.45 bits per heavy atom. The first-order valence-corrected chi connectivity index (χ1v) is 6.81. The van der Waals surface area contributed by atoms with Gasteiger partial charge in [0, 0.05) is 11.3 Å². The van der Waals surface area contributed by atoms with Gasteiger partial charge in [0.2, 0.25) is 0 Å². The van der Waals surface area contributed by atoms with Gasteiger partial charge in [-0.1, -0.05) is 17.7 Å². The van der Waals surface area contributed by atoms with Crippen molar-refractivity contribution in [2.75, 3.05) is 5.32 Å². The van der Waals surface area contributed by atoms with E-state index in [4.69, 9.17) is 0 Å². The van der Waals surface area contributed by atoms with Crippen LogP contribution < -0.4 is 5.32 Å². The van der Waals surface area contributed by atoms with E-state index in [9.17, 15) is 9.18 Å².